The molecule has 3 heteroatoms. The average molecular weight is 263 g/mol. The highest BCUT2D eigenvalue weighted by molar-refractivity contribution is 7.80. The summed E-state index contributed by atoms with van der Waals surface area (Å²) in [5.74, 6) is 0.0334. The van der Waals surface area contributed by atoms with Crippen LogP contribution in [0, 0.1) is 5.41 Å². The Morgan fingerprint density at radius 3 is 2.61 bits per heavy atom. The molecule has 0 saturated heterocycles. The largest absolute Gasteiger partial charge is 0.349 e. The molecule has 1 aromatic carbocycles. The van der Waals surface area contributed by atoms with E-state index in [1.165, 1.54) is 12.8 Å². The summed E-state index contributed by atoms with van der Waals surface area (Å²) in [7, 11) is 0. The van der Waals surface area contributed by atoms with E-state index in [4.69, 9.17) is 0 Å². The molecule has 1 atom stereocenters. The molecular formula is C15H21NOS. The van der Waals surface area contributed by atoms with Gasteiger partial charge in [0.05, 0.1) is 0 Å². The highest BCUT2D eigenvalue weighted by atomic mass is 32.1. The number of carbonyl (C=O) groups excluding carboxylic acids is 1. The van der Waals surface area contributed by atoms with Crippen molar-refractivity contribution in [3.63, 3.8) is 0 Å². The molecule has 1 aromatic rings. The summed E-state index contributed by atoms with van der Waals surface area (Å²) >= 11 is 4.22. The van der Waals surface area contributed by atoms with Gasteiger partial charge in [-0.3, -0.25) is 4.79 Å². The van der Waals surface area contributed by atoms with Crippen LogP contribution in [0.2, 0.25) is 0 Å². The van der Waals surface area contributed by atoms with Crippen LogP contribution in [0.5, 0.6) is 0 Å². The lowest BCUT2D eigenvalue weighted by molar-refractivity contribution is 0.0902. The molecule has 0 heterocycles. The molecule has 1 aliphatic carbocycles. The summed E-state index contributed by atoms with van der Waals surface area (Å²) in [6, 6.07) is 7.67. The smallest absolute Gasteiger partial charge is 0.251 e. The molecule has 1 N–H and O–H groups in total. The first-order valence-corrected chi connectivity index (χ1v) is 7.01. The van der Waals surface area contributed by atoms with Crippen LogP contribution in [0.4, 0.5) is 0 Å². The standard InChI is InChI=1S/C15H21NOS/c1-15(2)9-3-4-12(10-15)16-14(17)11-5-7-13(18)8-6-11/h5-8,12,18H,3-4,9-10H2,1-2H3,(H,16,17). The van der Waals surface area contributed by atoms with Gasteiger partial charge in [-0.25, -0.2) is 0 Å². The molecule has 1 amide bonds. The van der Waals surface area contributed by atoms with E-state index in [0.717, 1.165) is 23.3 Å². The molecule has 1 unspecified atom stereocenters. The van der Waals surface area contributed by atoms with Crippen molar-refractivity contribution in [3.05, 3.63) is 29.8 Å². The number of hydrogen-bond acceptors (Lipinski definition) is 2. The molecule has 18 heavy (non-hydrogen) atoms. The molecule has 2 rings (SSSR count). The van der Waals surface area contributed by atoms with Crippen molar-refractivity contribution in [2.24, 2.45) is 5.41 Å². The normalized spacial score (nSPS) is 22.5. The van der Waals surface area contributed by atoms with Crippen LogP contribution in [0.15, 0.2) is 29.2 Å². The Morgan fingerprint density at radius 2 is 2.00 bits per heavy atom. The number of amides is 1. The van der Waals surface area contributed by atoms with Gasteiger partial charge < -0.3 is 5.32 Å². The van der Waals surface area contributed by atoms with Crippen molar-refractivity contribution in [1.82, 2.24) is 5.32 Å². The van der Waals surface area contributed by atoms with E-state index in [1.807, 2.05) is 24.3 Å². The van der Waals surface area contributed by atoms with Crippen molar-refractivity contribution in [3.8, 4) is 0 Å². The average Bonchev–Trinajstić information content (AvgIpc) is 2.28. The highest BCUT2D eigenvalue weighted by Crippen LogP contribution is 2.35. The Balaban J connectivity index is 1.97. The van der Waals surface area contributed by atoms with Crippen LogP contribution in [0.3, 0.4) is 0 Å². The Labute approximate surface area is 115 Å². The lowest BCUT2D eigenvalue weighted by Gasteiger charge is -2.35. The zero-order valence-electron chi connectivity index (χ0n) is 11.1. The number of rotatable bonds is 2. The predicted molar refractivity (Wildman–Crippen MR) is 77.2 cm³/mol. The lowest BCUT2D eigenvalue weighted by Crippen LogP contribution is -2.40. The SMILES string of the molecule is CC1(C)CCCC(NC(=O)c2ccc(S)cc2)C1. The van der Waals surface area contributed by atoms with Gasteiger partial charge in [0.1, 0.15) is 0 Å². The second-order valence-electron chi connectivity index (χ2n) is 5.98. The first-order chi connectivity index (χ1) is 8.46. The van der Waals surface area contributed by atoms with Gasteiger partial charge in [0.2, 0.25) is 0 Å². The van der Waals surface area contributed by atoms with Gasteiger partial charge in [-0.15, -0.1) is 12.6 Å². The topological polar surface area (TPSA) is 29.1 Å². The Morgan fingerprint density at radius 1 is 1.33 bits per heavy atom. The van der Waals surface area contributed by atoms with E-state index in [9.17, 15) is 4.79 Å². The van der Waals surface area contributed by atoms with Gasteiger partial charge in [0, 0.05) is 16.5 Å². The quantitative estimate of drug-likeness (QED) is 0.783. The molecule has 0 radical (unpaired) electrons. The lowest BCUT2D eigenvalue weighted by atomic mass is 9.75. The first-order valence-electron chi connectivity index (χ1n) is 6.56. The molecule has 1 aliphatic rings. The number of nitrogens with one attached hydrogen (secondary N) is 1. The number of hydrogen-bond donors (Lipinski definition) is 2. The van der Waals surface area contributed by atoms with Gasteiger partial charge in [0.15, 0.2) is 0 Å². The minimum absolute atomic E-state index is 0.0334. The second kappa shape index (κ2) is 5.35. The highest BCUT2D eigenvalue weighted by Gasteiger charge is 2.28. The van der Waals surface area contributed by atoms with Crippen molar-refractivity contribution >= 4 is 18.5 Å². The fourth-order valence-electron chi connectivity index (χ4n) is 2.70. The molecule has 0 bridgehead atoms. The maximum atomic E-state index is 12.1. The van der Waals surface area contributed by atoms with Crippen LogP contribution in [-0.2, 0) is 0 Å². The van der Waals surface area contributed by atoms with Gasteiger partial charge in [-0.1, -0.05) is 20.3 Å². The summed E-state index contributed by atoms with van der Waals surface area (Å²) in [5.41, 5.74) is 1.07. The van der Waals surface area contributed by atoms with Crippen molar-refractivity contribution in [2.75, 3.05) is 0 Å². The molecule has 0 aliphatic heterocycles. The summed E-state index contributed by atoms with van der Waals surface area (Å²) in [6.07, 6.45) is 4.63. The van der Waals surface area contributed by atoms with Crippen molar-refractivity contribution in [1.29, 1.82) is 0 Å². The minimum atomic E-state index is 0.0334. The fraction of sp³-hybridized carbons (Fsp3) is 0.533. The predicted octanol–water partition coefficient (Wildman–Crippen LogP) is 3.67. The zero-order valence-corrected chi connectivity index (χ0v) is 12.0. The third-order valence-electron chi connectivity index (χ3n) is 3.67. The monoisotopic (exact) mass is 263 g/mol. The van der Waals surface area contributed by atoms with Crippen LogP contribution in [0.25, 0.3) is 0 Å². The molecular weight excluding hydrogens is 242 g/mol. The third-order valence-corrected chi connectivity index (χ3v) is 3.97. The van der Waals surface area contributed by atoms with Crippen LogP contribution in [0.1, 0.15) is 49.9 Å². The van der Waals surface area contributed by atoms with E-state index < -0.39 is 0 Å². The van der Waals surface area contributed by atoms with Crippen molar-refractivity contribution < 1.29 is 4.79 Å². The van der Waals surface area contributed by atoms with E-state index >= 15 is 0 Å². The van der Waals surface area contributed by atoms with Crippen LogP contribution in [-0.4, -0.2) is 11.9 Å². The number of thiol groups is 1. The van der Waals surface area contributed by atoms with Gasteiger partial charge >= 0.3 is 0 Å². The van der Waals surface area contributed by atoms with Gasteiger partial charge in [-0.2, -0.15) is 0 Å². The molecule has 1 saturated carbocycles. The summed E-state index contributed by atoms with van der Waals surface area (Å²) in [5, 5.41) is 3.15. The zero-order chi connectivity index (χ0) is 13.2. The maximum absolute atomic E-state index is 12.1. The Hall–Kier alpha value is -0.960. The van der Waals surface area contributed by atoms with Gasteiger partial charge in [0.25, 0.3) is 5.91 Å². The maximum Gasteiger partial charge on any atom is 0.251 e. The van der Waals surface area contributed by atoms with E-state index in [1.54, 1.807) is 0 Å². The van der Waals surface area contributed by atoms with Crippen LogP contribution < -0.4 is 5.32 Å². The molecule has 1 fully saturated rings. The van der Waals surface area contributed by atoms with Crippen molar-refractivity contribution in [2.45, 2.75) is 50.5 Å². The number of carbonyl (C=O) groups is 1. The molecule has 0 spiro atoms. The van der Waals surface area contributed by atoms with Crippen LogP contribution >= 0.6 is 12.6 Å². The van der Waals surface area contributed by atoms with E-state index in [-0.39, 0.29) is 5.91 Å². The fourth-order valence-corrected chi connectivity index (χ4v) is 2.85. The minimum Gasteiger partial charge on any atom is -0.349 e. The summed E-state index contributed by atoms with van der Waals surface area (Å²) < 4.78 is 0. The molecule has 2 nitrogen and oxygen atoms in total. The van der Waals surface area contributed by atoms with E-state index in [0.29, 0.717) is 11.5 Å². The van der Waals surface area contributed by atoms with E-state index in [2.05, 4.69) is 31.8 Å². The summed E-state index contributed by atoms with van der Waals surface area (Å²) in [6.45, 7) is 4.56. The van der Waals surface area contributed by atoms with Gasteiger partial charge in [-0.05, 0) is 48.9 Å². The summed E-state index contributed by atoms with van der Waals surface area (Å²) in [4.78, 5) is 13.0. The first kappa shape index (κ1) is 13.5. The number of benzene rings is 1. The molecule has 98 valence electrons. The third kappa shape index (κ3) is 3.52. The Kier molecular flexibility index (Phi) is 4.00. The second-order valence-corrected chi connectivity index (χ2v) is 6.49. The molecule has 0 aromatic heterocycles. The Bertz CT molecular complexity index is 425.